The summed E-state index contributed by atoms with van der Waals surface area (Å²) < 4.78 is 5.02. The third-order valence-electron chi connectivity index (χ3n) is 3.84. The zero-order valence-corrected chi connectivity index (χ0v) is 15.0. The highest BCUT2D eigenvalue weighted by Crippen LogP contribution is 2.18. The van der Waals surface area contributed by atoms with Gasteiger partial charge in [0, 0.05) is 45.6 Å². The molecule has 130 valence electrons. The van der Waals surface area contributed by atoms with Gasteiger partial charge in [-0.2, -0.15) is 0 Å². The van der Waals surface area contributed by atoms with Crippen LogP contribution in [-0.2, 0) is 9.53 Å². The molecule has 1 rings (SSSR count). The van der Waals surface area contributed by atoms with Crippen molar-refractivity contribution in [2.45, 2.75) is 20.3 Å². The molecular formula is C18H31N3O2. The third kappa shape index (κ3) is 7.48. The molecule has 0 spiro atoms. The van der Waals surface area contributed by atoms with E-state index >= 15 is 0 Å². The molecule has 0 aromatic heterocycles. The van der Waals surface area contributed by atoms with Crippen molar-refractivity contribution in [3.63, 3.8) is 0 Å². The van der Waals surface area contributed by atoms with E-state index in [0.717, 1.165) is 32.7 Å². The van der Waals surface area contributed by atoms with Crippen molar-refractivity contribution in [2.24, 2.45) is 0 Å². The Hall–Kier alpha value is -1.59. The quantitative estimate of drug-likeness (QED) is 0.632. The average Bonchev–Trinajstić information content (AvgIpc) is 2.53. The smallest absolute Gasteiger partial charge is 0.234 e. The summed E-state index contributed by atoms with van der Waals surface area (Å²) >= 11 is 0. The van der Waals surface area contributed by atoms with Gasteiger partial charge in [0.1, 0.15) is 0 Å². The highest BCUT2D eigenvalue weighted by atomic mass is 16.5. The molecule has 0 bridgehead atoms. The van der Waals surface area contributed by atoms with Gasteiger partial charge in [0.15, 0.2) is 0 Å². The molecule has 5 heteroatoms. The van der Waals surface area contributed by atoms with E-state index in [-0.39, 0.29) is 5.91 Å². The molecule has 0 unspecified atom stereocenters. The molecule has 0 radical (unpaired) electrons. The lowest BCUT2D eigenvalue weighted by Crippen LogP contribution is -2.40. The van der Waals surface area contributed by atoms with Crippen LogP contribution in [0.15, 0.2) is 24.3 Å². The van der Waals surface area contributed by atoms with E-state index in [4.69, 9.17) is 4.74 Å². The summed E-state index contributed by atoms with van der Waals surface area (Å²) in [6, 6.07) is 8.35. The standard InChI is InChI=1S/C18H31N3O2/c1-5-21(17-10-7-6-9-16(17)2)13-11-19-18(22)15-20(3)12-8-14-23-4/h6-7,9-10H,5,8,11-15H2,1-4H3,(H,19,22). The number of amides is 1. The molecule has 0 aliphatic carbocycles. The van der Waals surface area contributed by atoms with Gasteiger partial charge in [0.2, 0.25) is 5.91 Å². The van der Waals surface area contributed by atoms with Crippen molar-refractivity contribution in [1.82, 2.24) is 10.2 Å². The van der Waals surface area contributed by atoms with Gasteiger partial charge in [-0.25, -0.2) is 0 Å². The summed E-state index contributed by atoms with van der Waals surface area (Å²) in [4.78, 5) is 16.3. The van der Waals surface area contributed by atoms with Crippen LogP contribution in [-0.4, -0.2) is 64.3 Å². The number of hydrogen-bond acceptors (Lipinski definition) is 4. The van der Waals surface area contributed by atoms with Crippen LogP contribution >= 0.6 is 0 Å². The predicted molar refractivity (Wildman–Crippen MR) is 96.1 cm³/mol. The fourth-order valence-electron chi connectivity index (χ4n) is 2.56. The van der Waals surface area contributed by atoms with Gasteiger partial charge < -0.3 is 15.0 Å². The Bertz CT molecular complexity index is 465. The van der Waals surface area contributed by atoms with Crippen LogP contribution in [0.4, 0.5) is 5.69 Å². The van der Waals surface area contributed by atoms with Crippen LogP contribution in [0.1, 0.15) is 18.9 Å². The molecule has 1 aromatic rings. The second-order valence-corrected chi connectivity index (χ2v) is 5.80. The van der Waals surface area contributed by atoms with E-state index in [9.17, 15) is 4.79 Å². The van der Waals surface area contributed by atoms with Gasteiger partial charge in [-0.3, -0.25) is 9.69 Å². The first-order chi connectivity index (χ1) is 11.1. The van der Waals surface area contributed by atoms with Crippen LogP contribution in [0.2, 0.25) is 0 Å². The monoisotopic (exact) mass is 321 g/mol. The number of carbonyl (C=O) groups excluding carboxylic acids is 1. The van der Waals surface area contributed by atoms with Crippen LogP contribution in [0.3, 0.4) is 0 Å². The molecule has 0 saturated heterocycles. The van der Waals surface area contributed by atoms with Crippen LogP contribution in [0, 0.1) is 6.92 Å². The van der Waals surface area contributed by atoms with E-state index in [1.165, 1.54) is 11.3 Å². The maximum atomic E-state index is 12.0. The number of benzene rings is 1. The first-order valence-electron chi connectivity index (χ1n) is 8.33. The molecule has 1 N–H and O–H groups in total. The second-order valence-electron chi connectivity index (χ2n) is 5.80. The highest BCUT2D eigenvalue weighted by molar-refractivity contribution is 5.78. The second kappa shape index (κ2) is 11.0. The molecule has 1 amide bonds. The maximum Gasteiger partial charge on any atom is 0.234 e. The maximum absolute atomic E-state index is 12.0. The Kier molecular flexibility index (Phi) is 9.33. The normalized spacial score (nSPS) is 10.8. The molecule has 0 fully saturated rings. The number of hydrogen-bond donors (Lipinski definition) is 1. The molecule has 1 aromatic carbocycles. The van der Waals surface area contributed by atoms with E-state index in [2.05, 4.69) is 42.3 Å². The van der Waals surface area contributed by atoms with E-state index in [1.807, 2.05) is 18.0 Å². The Labute approximate surface area is 140 Å². The largest absolute Gasteiger partial charge is 0.385 e. The Morgan fingerprint density at radius 1 is 1.26 bits per heavy atom. The number of likely N-dealkylation sites (N-methyl/N-ethyl adjacent to an activating group) is 2. The highest BCUT2D eigenvalue weighted by Gasteiger charge is 2.09. The minimum absolute atomic E-state index is 0.0748. The molecule has 0 heterocycles. The SMILES string of the molecule is CCN(CCNC(=O)CN(C)CCCOC)c1ccccc1C. The third-order valence-corrected chi connectivity index (χ3v) is 3.84. The lowest BCUT2D eigenvalue weighted by atomic mass is 10.2. The fourth-order valence-corrected chi connectivity index (χ4v) is 2.56. The number of nitrogens with zero attached hydrogens (tertiary/aromatic N) is 2. The van der Waals surface area contributed by atoms with E-state index < -0.39 is 0 Å². The number of anilines is 1. The first-order valence-corrected chi connectivity index (χ1v) is 8.33. The van der Waals surface area contributed by atoms with Crippen molar-refractivity contribution in [3.05, 3.63) is 29.8 Å². The summed E-state index contributed by atoms with van der Waals surface area (Å²) in [6.07, 6.45) is 0.942. The summed E-state index contributed by atoms with van der Waals surface area (Å²) in [6.45, 7) is 8.69. The average molecular weight is 321 g/mol. The van der Waals surface area contributed by atoms with Crippen molar-refractivity contribution in [3.8, 4) is 0 Å². The first kappa shape index (κ1) is 19.5. The minimum atomic E-state index is 0.0748. The Balaban J connectivity index is 2.31. The Morgan fingerprint density at radius 3 is 2.65 bits per heavy atom. The molecular weight excluding hydrogens is 290 g/mol. The number of carbonyl (C=O) groups is 1. The van der Waals surface area contributed by atoms with Crippen molar-refractivity contribution in [2.75, 3.05) is 58.4 Å². The number of ether oxygens (including phenoxy) is 1. The number of aryl methyl sites for hydroxylation is 1. The van der Waals surface area contributed by atoms with Gasteiger partial charge in [0.25, 0.3) is 0 Å². The van der Waals surface area contributed by atoms with Gasteiger partial charge in [-0.1, -0.05) is 18.2 Å². The summed E-state index contributed by atoms with van der Waals surface area (Å²) in [5.74, 6) is 0.0748. The van der Waals surface area contributed by atoms with Crippen molar-refractivity contribution in [1.29, 1.82) is 0 Å². The van der Waals surface area contributed by atoms with Gasteiger partial charge in [-0.05, 0) is 38.9 Å². The lowest BCUT2D eigenvalue weighted by molar-refractivity contribution is -0.121. The molecule has 0 aliphatic rings. The molecule has 0 atom stereocenters. The van der Waals surface area contributed by atoms with Crippen LogP contribution in [0.5, 0.6) is 0 Å². The van der Waals surface area contributed by atoms with Crippen molar-refractivity contribution < 1.29 is 9.53 Å². The van der Waals surface area contributed by atoms with Crippen LogP contribution < -0.4 is 10.2 Å². The predicted octanol–water partition coefficient (Wildman–Crippen LogP) is 1.91. The minimum Gasteiger partial charge on any atom is -0.385 e. The molecule has 0 aliphatic heterocycles. The number of para-hydroxylation sites is 1. The fraction of sp³-hybridized carbons (Fsp3) is 0.611. The summed E-state index contributed by atoms with van der Waals surface area (Å²) in [5.41, 5.74) is 2.50. The lowest BCUT2D eigenvalue weighted by Gasteiger charge is -2.25. The van der Waals surface area contributed by atoms with Crippen LogP contribution in [0.25, 0.3) is 0 Å². The Morgan fingerprint density at radius 2 is 2.00 bits per heavy atom. The number of methoxy groups -OCH3 is 1. The molecule has 0 saturated carbocycles. The van der Waals surface area contributed by atoms with E-state index in [1.54, 1.807) is 7.11 Å². The zero-order chi connectivity index (χ0) is 17.1. The van der Waals surface area contributed by atoms with Gasteiger partial charge >= 0.3 is 0 Å². The van der Waals surface area contributed by atoms with E-state index in [0.29, 0.717) is 13.1 Å². The zero-order valence-electron chi connectivity index (χ0n) is 15.0. The molecule has 23 heavy (non-hydrogen) atoms. The summed E-state index contributed by atoms with van der Waals surface area (Å²) in [7, 11) is 3.65. The topological polar surface area (TPSA) is 44.8 Å². The van der Waals surface area contributed by atoms with Gasteiger partial charge in [0.05, 0.1) is 6.54 Å². The number of nitrogens with one attached hydrogen (secondary N) is 1. The van der Waals surface area contributed by atoms with Crippen molar-refractivity contribution >= 4 is 11.6 Å². The summed E-state index contributed by atoms with van der Waals surface area (Å²) in [5, 5.41) is 3.00. The van der Waals surface area contributed by atoms with Gasteiger partial charge in [-0.15, -0.1) is 0 Å². The molecule has 5 nitrogen and oxygen atoms in total. The number of rotatable bonds is 11.